The van der Waals surface area contributed by atoms with E-state index in [1.807, 2.05) is 21.1 Å². The van der Waals surface area contributed by atoms with Crippen LogP contribution in [0.25, 0.3) is 0 Å². The smallest absolute Gasteiger partial charge is 0.462 e. The molecule has 0 heterocycles. The Bertz CT molecular complexity index is 1900. The van der Waals surface area contributed by atoms with Gasteiger partial charge < -0.3 is 18.9 Å². The molecule has 1 N–H and O–H groups in total. The van der Waals surface area contributed by atoms with Crippen molar-refractivity contribution in [3.63, 3.8) is 0 Å². The van der Waals surface area contributed by atoms with Crippen molar-refractivity contribution in [1.82, 2.24) is 0 Å². The van der Waals surface area contributed by atoms with Crippen LogP contribution < -0.4 is 0 Å². The maximum atomic E-state index is 12.9. The number of quaternary nitrogens is 1. The van der Waals surface area contributed by atoms with E-state index in [2.05, 4.69) is 98.9 Å². The van der Waals surface area contributed by atoms with Gasteiger partial charge in [0.25, 0.3) is 0 Å². The van der Waals surface area contributed by atoms with Crippen molar-refractivity contribution in [1.29, 1.82) is 0 Å². The lowest BCUT2D eigenvalue weighted by molar-refractivity contribution is -0.870. The number of hydrogen-bond donors (Lipinski definition) is 1. The summed E-state index contributed by atoms with van der Waals surface area (Å²) >= 11 is 0. The van der Waals surface area contributed by atoms with Gasteiger partial charge in [0, 0.05) is 12.8 Å². The van der Waals surface area contributed by atoms with Gasteiger partial charge in [-0.05, 0) is 89.9 Å². The first-order valence-corrected chi connectivity index (χ1v) is 42.8. The van der Waals surface area contributed by atoms with Gasteiger partial charge in [0.1, 0.15) is 19.8 Å². The van der Waals surface area contributed by atoms with Gasteiger partial charge in [0.2, 0.25) is 0 Å². The number of allylic oxidation sites excluding steroid dienone is 14. The summed E-state index contributed by atoms with van der Waals surface area (Å²) in [5.74, 6) is -0.777. The van der Waals surface area contributed by atoms with Crippen molar-refractivity contribution in [3.8, 4) is 0 Å². The first-order valence-electron chi connectivity index (χ1n) is 41.3. The van der Waals surface area contributed by atoms with Crippen LogP contribution in [0.5, 0.6) is 0 Å². The fourth-order valence-corrected chi connectivity index (χ4v) is 12.9. The summed E-state index contributed by atoms with van der Waals surface area (Å²) in [4.78, 5) is 36.0. The number of ether oxygens (including phenoxy) is 2. The number of carbonyl (C=O) groups is 2. The van der Waals surface area contributed by atoms with Gasteiger partial charge in [-0.15, -0.1) is 0 Å². The summed E-state index contributed by atoms with van der Waals surface area (Å²) in [5.41, 5.74) is 0. The van der Waals surface area contributed by atoms with E-state index in [1.54, 1.807) is 0 Å². The summed E-state index contributed by atoms with van der Waals surface area (Å²) in [5, 5.41) is 0. The Hall–Kier alpha value is -2.81. The van der Waals surface area contributed by atoms with Gasteiger partial charge >= 0.3 is 19.8 Å². The lowest BCUT2D eigenvalue weighted by Gasteiger charge is -2.24. The van der Waals surface area contributed by atoms with Crippen LogP contribution in [-0.4, -0.2) is 74.9 Å². The van der Waals surface area contributed by atoms with Gasteiger partial charge in [-0.2, -0.15) is 0 Å². The largest absolute Gasteiger partial charge is 0.472 e. The highest BCUT2D eigenvalue weighted by Gasteiger charge is 2.27. The van der Waals surface area contributed by atoms with Crippen LogP contribution >= 0.6 is 7.82 Å². The van der Waals surface area contributed by atoms with Crippen LogP contribution in [0.1, 0.15) is 399 Å². The standard InChI is InChI=1S/C86H158NO8P/c1-6-8-10-12-14-16-18-20-22-24-26-28-30-32-34-36-38-39-40-41-42-43-44-45-46-47-49-50-52-54-56-58-60-62-64-66-68-70-72-74-76-78-85(88)92-82-84(83-94-96(90,91)93-81-80-87(3,4)5)95-86(89)79-77-75-73-71-69-67-65-63-61-59-57-55-53-51-48-37-35-33-31-29-27-25-23-21-19-17-15-13-11-9-7-2/h9,11,15,17-18,20-21,23-24,26-27,29-30,32,84H,6-8,10,12-14,16,19,22,25,28,31,33-83H2,1-5H3/p+1/b11-9-,17-15-,20-18-,23-21-,26-24-,29-27-,32-30-. The molecule has 10 heteroatoms. The molecule has 0 aliphatic carbocycles. The predicted molar refractivity (Wildman–Crippen MR) is 418 cm³/mol. The zero-order valence-electron chi connectivity index (χ0n) is 64.1. The molecule has 0 aliphatic heterocycles. The molecule has 0 radical (unpaired) electrons. The molecule has 0 fully saturated rings. The quantitative estimate of drug-likeness (QED) is 0.0211. The maximum Gasteiger partial charge on any atom is 0.472 e. The van der Waals surface area contributed by atoms with Crippen molar-refractivity contribution in [2.75, 3.05) is 47.5 Å². The lowest BCUT2D eigenvalue weighted by Crippen LogP contribution is -2.37. The second-order valence-electron chi connectivity index (χ2n) is 29.1. The molecule has 560 valence electrons. The molecular formula is C86H159NO8P+. The predicted octanol–water partition coefficient (Wildman–Crippen LogP) is 27.6. The van der Waals surface area contributed by atoms with Crippen molar-refractivity contribution in [2.45, 2.75) is 405 Å². The van der Waals surface area contributed by atoms with E-state index < -0.39 is 26.5 Å². The Morgan fingerprint density at radius 1 is 0.333 bits per heavy atom. The van der Waals surface area contributed by atoms with Gasteiger partial charge in [-0.1, -0.05) is 381 Å². The molecule has 0 aromatic rings. The summed E-state index contributed by atoms with van der Waals surface area (Å²) < 4.78 is 34.8. The van der Waals surface area contributed by atoms with Crippen molar-refractivity contribution in [3.05, 3.63) is 85.1 Å². The normalized spacial score (nSPS) is 13.4. The molecule has 0 saturated heterocycles. The average molecular weight is 1370 g/mol. The van der Waals surface area contributed by atoms with E-state index in [4.69, 9.17) is 18.5 Å². The number of unbranched alkanes of at least 4 members (excludes halogenated alkanes) is 49. The highest BCUT2D eigenvalue weighted by Crippen LogP contribution is 2.43. The van der Waals surface area contributed by atoms with Gasteiger partial charge in [0.05, 0.1) is 27.7 Å². The Balaban J connectivity index is 3.89. The maximum absolute atomic E-state index is 12.9. The number of esters is 2. The minimum Gasteiger partial charge on any atom is -0.462 e. The van der Waals surface area contributed by atoms with Crippen LogP contribution in [0, 0.1) is 0 Å². The van der Waals surface area contributed by atoms with E-state index in [9.17, 15) is 19.0 Å². The number of phosphoric ester groups is 1. The van der Waals surface area contributed by atoms with Crippen LogP contribution in [0.4, 0.5) is 0 Å². The highest BCUT2D eigenvalue weighted by molar-refractivity contribution is 7.47. The zero-order chi connectivity index (χ0) is 69.7. The van der Waals surface area contributed by atoms with Gasteiger partial charge in [-0.3, -0.25) is 18.6 Å². The Morgan fingerprint density at radius 2 is 0.594 bits per heavy atom. The van der Waals surface area contributed by atoms with E-state index >= 15 is 0 Å². The number of hydrogen-bond acceptors (Lipinski definition) is 7. The third kappa shape index (κ3) is 80.2. The number of nitrogens with zero attached hydrogens (tertiary/aromatic N) is 1. The Labute approximate surface area is 596 Å². The number of likely N-dealkylation sites (N-methyl/N-ethyl adjacent to an activating group) is 1. The number of rotatable bonds is 77. The van der Waals surface area contributed by atoms with Crippen LogP contribution in [-0.2, 0) is 32.7 Å². The van der Waals surface area contributed by atoms with Gasteiger partial charge in [0.15, 0.2) is 6.10 Å². The Morgan fingerprint density at radius 3 is 0.885 bits per heavy atom. The minimum atomic E-state index is -4.40. The average Bonchev–Trinajstić information content (AvgIpc) is 1.97. The number of phosphoric acid groups is 1. The first kappa shape index (κ1) is 93.2. The fourth-order valence-electron chi connectivity index (χ4n) is 12.1. The SMILES string of the molecule is CC/C=C\C/C=C\C/C=C\C/C=C\CCCCCCCCCCCCCCCCCCCCC(=O)OC(COC(=O)CCCCCCCCCCCCCCCCCCCCCCCCCCCC/C=C\C/C=C\C/C=C\CCCCCCC)COP(=O)(O)OCC[N+](C)(C)C. The molecule has 0 spiro atoms. The minimum absolute atomic E-state index is 0.0326. The summed E-state index contributed by atoms with van der Waals surface area (Å²) in [6.07, 6.45) is 106. The number of carbonyl (C=O) groups excluding carboxylic acids is 2. The molecule has 0 rings (SSSR count). The molecule has 96 heavy (non-hydrogen) atoms. The molecular weight excluding hydrogens is 1210 g/mol. The molecule has 0 bridgehead atoms. The fraction of sp³-hybridized carbons (Fsp3) is 0.814. The van der Waals surface area contributed by atoms with Crippen LogP contribution in [0.15, 0.2) is 85.1 Å². The van der Waals surface area contributed by atoms with E-state index in [0.29, 0.717) is 23.9 Å². The molecule has 0 amide bonds. The molecule has 0 aromatic heterocycles. The molecule has 2 atom stereocenters. The molecule has 0 aliphatic rings. The second-order valence-corrected chi connectivity index (χ2v) is 30.6. The zero-order valence-corrected chi connectivity index (χ0v) is 65.0. The third-order valence-corrected chi connectivity index (χ3v) is 19.4. The Kier molecular flexibility index (Phi) is 74.1. The highest BCUT2D eigenvalue weighted by atomic mass is 31.2. The van der Waals surface area contributed by atoms with Crippen molar-refractivity contribution >= 4 is 19.8 Å². The van der Waals surface area contributed by atoms with Crippen molar-refractivity contribution < 1.29 is 42.1 Å². The second kappa shape index (κ2) is 76.4. The van der Waals surface area contributed by atoms with Crippen molar-refractivity contribution in [2.24, 2.45) is 0 Å². The molecule has 9 nitrogen and oxygen atoms in total. The van der Waals surface area contributed by atoms with Crippen LogP contribution in [0.2, 0.25) is 0 Å². The van der Waals surface area contributed by atoms with E-state index in [-0.39, 0.29) is 25.6 Å². The summed E-state index contributed by atoms with van der Waals surface area (Å²) in [7, 11) is 1.49. The monoisotopic (exact) mass is 1370 g/mol. The molecule has 2 unspecified atom stereocenters. The third-order valence-electron chi connectivity index (χ3n) is 18.4. The summed E-state index contributed by atoms with van der Waals surface area (Å²) in [6.45, 7) is 4.37. The van der Waals surface area contributed by atoms with E-state index in [1.165, 1.54) is 295 Å². The van der Waals surface area contributed by atoms with Gasteiger partial charge in [-0.25, -0.2) is 4.57 Å². The van der Waals surface area contributed by atoms with Crippen LogP contribution in [0.3, 0.4) is 0 Å². The molecule has 0 aromatic carbocycles. The molecule has 0 saturated carbocycles. The first-order chi connectivity index (χ1) is 47.0. The topological polar surface area (TPSA) is 108 Å². The summed E-state index contributed by atoms with van der Waals surface area (Å²) in [6, 6.07) is 0. The van der Waals surface area contributed by atoms with E-state index in [0.717, 1.165) is 70.6 Å². The lowest BCUT2D eigenvalue weighted by atomic mass is 10.0.